The van der Waals surface area contributed by atoms with Crippen LogP contribution in [0.2, 0.25) is 5.02 Å². The molecule has 0 spiro atoms. The number of imide groups is 1. The van der Waals surface area contributed by atoms with Crippen LogP contribution in [-0.4, -0.2) is 36.3 Å². The Morgan fingerprint density at radius 1 is 0.911 bits per heavy atom. The van der Waals surface area contributed by atoms with E-state index < -0.39 is 0 Å². The predicted molar refractivity (Wildman–Crippen MR) is 173 cm³/mol. The van der Waals surface area contributed by atoms with E-state index in [9.17, 15) is 14.4 Å². The van der Waals surface area contributed by atoms with Gasteiger partial charge in [-0.05, 0) is 83.8 Å². The summed E-state index contributed by atoms with van der Waals surface area (Å²) in [6.45, 7) is 0.332. The van der Waals surface area contributed by atoms with Gasteiger partial charge in [0.1, 0.15) is 12.4 Å². The zero-order valence-corrected chi connectivity index (χ0v) is 26.8. The average Bonchev–Trinajstić information content (AvgIpc) is 3.79. The van der Waals surface area contributed by atoms with Crippen molar-refractivity contribution < 1.29 is 23.8 Å². The fraction of sp³-hybridized carbons (Fsp3) is 0.324. The predicted octanol–water partition coefficient (Wildman–Crippen LogP) is 6.36. The molecule has 2 saturated carbocycles. The van der Waals surface area contributed by atoms with E-state index in [-0.39, 0.29) is 57.4 Å². The molecule has 45 heavy (non-hydrogen) atoms. The van der Waals surface area contributed by atoms with E-state index >= 15 is 0 Å². The van der Waals surface area contributed by atoms with Crippen molar-refractivity contribution in [2.24, 2.45) is 29.6 Å². The molecule has 4 aromatic rings. The van der Waals surface area contributed by atoms with Crippen LogP contribution in [0.25, 0.3) is 0 Å². The minimum absolute atomic E-state index is 0.0114. The second-order valence-electron chi connectivity index (χ2n) is 12.0. The van der Waals surface area contributed by atoms with Crippen molar-refractivity contribution in [1.82, 2.24) is 4.98 Å². The van der Waals surface area contributed by atoms with E-state index in [1.54, 1.807) is 50.2 Å². The summed E-state index contributed by atoms with van der Waals surface area (Å²) in [4.78, 5) is 45.9. The van der Waals surface area contributed by atoms with Gasteiger partial charge in [-0.25, -0.2) is 0 Å². The molecular weight excluding hydrogens is 632 g/mol. The number of anilines is 1. The van der Waals surface area contributed by atoms with Gasteiger partial charge in [0.05, 0.1) is 36.8 Å². The summed E-state index contributed by atoms with van der Waals surface area (Å²) >= 11 is 9.06. The molecule has 8 nitrogen and oxygen atoms in total. The van der Waals surface area contributed by atoms with E-state index in [2.05, 4.69) is 4.98 Å². The molecular formula is C34H29ClN2O6S2. The zero-order chi connectivity index (χ0) is 31.0. The van der Waals surface area contributed by atoms with Crippen LogP contribution in [-0.2, 0) is 16.2 Å². The molecule has 2 bridgehead atoms. The molecule has 3 fully saturated rings. The number of amides is 2. The summed E-state index contributed by atoms with van der Waals surface area (Å²) < 4.78 is 17.2. The Hall–Kier alpha value is -3.73. The first-order valence-corrected chi connectivity index (χ1v) is 16.9. The number of nitrogens with one attached hydrogen (secondary N) is 1. The van der Waals surface area contributed by atoms with Crippen LogP contribution in [0.5, 0.6) is 17.2 Å². The lowest BCUT2D eigenvalue weighted by Gasteiger charge is -2.43. The molecule has 1 aromatic heterocycles. The van der Waals surface area contributed by atoms with Crippen molar-refractivity contribution in [1.29, 1.82) is 0 Å². The molecule has 8 rings (SSSR count). The highest BCUT2D eigenvalue weighted by Gasteiger charge is 2.69. The van der Waals surface area contributed by atoms with Gasteiger partial charge in [-0.2, -0.15) is 0 Å². The number of aromatic amines is 1. The smallest absolute Gasteiger partial charge is 0.305 e. The zero-order valence-electron chi connectivity index (χ0n) is 24.4. The van der Waals surface area contributed by atoms with Crippen molar-refractivity contribution >= 4 is 52.2 Å². The number of H-pyrrole nitrogens is 1. The van der Waals surface area contributed by atoms with E-state index in [0.717, 1.165) is 27.5 Å². The van der Waals surface area contributed by atoms with Crippen LogP contribution in [0, 0.1) is 29.6 Å². The van der Waals surface area contributed by atoms with Crippen LogP contribution in [0.4, 0.5) is 5.69 Å². The summed E-state index contributed by atoms with van der Waals surface area (Å²) in [5, 5.41) is 1.60. The number of carbonyl (C=O) groups excluding carboxylic acids is 2. The highest BCUT2D eigenvalue weighted by atomic mass is 35.5. The molecule has 1 saturated heterocycles. The fourth-order valence-corrected chi connectivity index (χ4v) is 11.3. The summed E-state index contributed by atoms with van der Waals surface area (Å²) in [5.74, 6) is 0.878. The lowest BCUT2D eigenvalue weighted by molar-refractivity contribution is -0.123. The largest absolute Gasteiger partial charge is 0.497 e. The fourth-order valence-electron chi connectivity index (χ4n) is 8.16. The summed E-state index contributed by atoms with van der Waals surface area (Å²) in [7, 11) is 3.20. The minimum atomic E-state index is -0.381. The molecule has 3 aromatic carbocycles. The van der Waals surface area contributed by atoms with E-state index in [1.165, 1.54) is 16.2 Å². The Morgan fingerprint density at radius 3 is 2.42 bits per heavy atom. The molecule has 230 valence electrons. The lowest BCUT2D eigenvalue weighted by atomic mass is 9.68. The molecule has 11 heteroatoms. The van der Waals surface area contributed by atoms with Gasteiger partial charge in [-0.3, -0.25) is 19.3 Å². The quantitative estimate of drug-likeness (QED) is 0.230. The standard InChI is InChI=1S/C34H29ClN2O6S2/c1-41-20-9-7-19(8-10-20)37-32(38)27-21-14-22(28(27)33(37)39)29-26(21)25(30-31(44-29)36-34(40)45-30)17-6-11-23(24(13-17)42-2)43-15-16-4-3-5-18(35)12-16/h3-13,21-22,25-29H,14-15H2,1-2H3,(H,36,40)/t21?,22?,25-,26?,27?,28?,29?/m1/s1. The number of thioether (sulfide) groups is 1. The Kier molecular flexibility index (Phi) is 7.00. The summed E-state index contributed by atoms with van der Waals surface area (Å²) in [5.41, 5.74) is 2.52. The maximum absolute atomic E-state index is 14.0. The van der Waals surface area contributed by atoms with E-state index in [1.807, 2.05) is 42.5 Å². The van der Waals surface area contributed by atoms with Crippen LogP contribution in [0.15, 0.2) is 76.6 Å². The van der Waals surface area contributed by atoms with Gasteiger partial charge in [-0.15, -0.1) is 11.8 Å². The maximum atomic E-state index is 14.0. The second kappa shape index (κ2) is 11.0. The lowest BCUT2D eigenvalue weighted by Crippen LogP contribution is -2.42. The molecule has 1 N–H and O–H groups in total. The van der Waals surface area contributed by atoms with Crippen molar-refractivity contribution in [3.63, 3.8) is 0 Å². The number of ether oxygens (including phenoxy) is 3. The monoisotopic (exact) mass is 660 g/mol. The third-order valence-corrected chi connectivity index (χ3v) is 12.7. The number of halogens is 1. The third-order valence-electron chi connectivity index (χ3n) is 9.88. The first-order chi connectivity index (χ1) is 21.9. The highest BCUT2D eigenvalue weighted by Crippen LogP contribution is 2.68. The first kappa shape index (κ1) is 28.7. The molecule has 4 aliphatic rings. The number of nitrogens with zero attached hydrogens (tertiary/aromatic N) is 1. The summed E-state index contributed by atoms with van der Waals surface area (Å²) in [6, 6.07) is 20.6. The van der Waals surface area contributed by atoms with Gasteiger partial charge in [0.25, 0.3) is 0 Å². The Bertz CT molecular complexity index is 1890. The van der Waals surface area contributed by atoms with E-state index in [0.29, 0.717) is 34.6 Å². The Labute approximate surface area is 272 Å². The number of aromatic nitrogens is 1. The number of methoxy groups -OCH3 is 2. The number of benzene rings is 3. The Morgan fingerprint density at radius 2 is 1.69 bits per heavy atom. The summed E-state index contributed by atoms with van der Waals surface area (Å²) in [6.07, 6.45) is 0.819. The van der Waals surface area contributed by atoms with Crippen LogP contribution in [0.1, 0.15) is 28.3 Å². The molecule has 0 radical (unpaired) electrons. The topological polar surface area (TPSA) is 97.9 Å². The number of rotatable bonds is 7. The van der Waals surface area contributed by atoms with Crippen LogP contribution in [0.3, 0.4) is 0 Å². The van der Waals surface area contributed by atoms with Gasteiger partial charge in [0, 0.05) is 21.1 Å². The molecule has 2 aliphatic carbocycles. The van der Waals surface area contributed by atoms with Gasteiger partial charge in [-0.1, -0.05) is 41.1 Å². The Balaban J connectivity index is 1.14. The molecule has 7 atom stereocenters. The second-order valence-corrected chi connectivity index (χ2v) is 14.6. The highest BCUT2D eigenvalue weighted by molar-refractivity contribution is 8.00. The number of hydrogen-bond donors (Lipinski definition) is 1. The number of carbonyl (C=O) groups is 2. The van der Waals surface area contributed by atoms with Gasteiger partial charge in [0.2, 0.25) is 11.8 Å². The maximum Gasteiger partial charge on any atom is 0.305 e. The van der Waals surface area contributed by atoms with E-state index in [4.69, 9.17) is 25.8 Å². The van der Waals surface area contributed by atoms with Gasteiger partial charge in [0.15, 0.2) is 11.5 Å². The SMILES string of the molecule is COc1ccc(N2C(=O)C3C4CC(C3C2=O)C2C4Sc3[nH]c(=O)sc3[C@@H]2c2ccc(OCc3cccc(Cl)c3)c(OC)c2)cc1. The van der Waals surface area contributed by atoms with Crippen LogP contribution >= 0.6 is 34.7 Å². The number of hydrogen-bond acceptors (Lipinski definition) is 8. The molecule has 2 amide bonds. The average molecular weight is 661 g/mol. The van der Waals surface area contributed by atoms with Gasteiger partial charge < -0.3 is 19.2 Å². The van der Waals surface area contributed by atoms with Crippen LogP contribution < -0.4 is 24.0 Å². The molecule has 3 heterocycles. The van der Waals surface area contributed by atoms with Crippen molar-refractivity contribution in [2.45, 2.75) is 29.2 Å². The van der Waals surface area contributed by atoms with Crippen molar-refractivity contribution in [2.75, 3.05) is 19.1 Å². The van der Waals surface area contributed by atoms with Crippen molar-refractivity contribution in [3.8, 4) is 17.2 Å². The molecule has 2 aliphatic heterocycles. The van der Waals surface area contributed by atoms with Crippen molar-refractivity contribution in [3.05, 3.63) is 97.4 Å². The normalized spacial score (nSPS) is 27.7. The molecule has 6 unspecified atom stereocenters. The first-order valence-electron chi connectivity index (χ1n) is 14.8. The van der Waals surface area contributed by atoms with Gasteiger partial charge >= 0.3 is 4.87 Å². The number of fused-ring (bicyclic) bond motifs is 9. The third kappa shape index (κ3) is 4.52. The minimum Gasteiger partial charge on any atom is -0.497 e. The number of thiazole rings is 1.